The third-order valence-corrected chi connectivity index (χ3v) is 1.33. The Kier molecular flexibility index (Phi) is 4.29. The fourth-order valence-corrected chi connectivity index (χ4v) is 0.604. The molecular formula is C7H9BrN2O. The smallest absolute Gasteiger partial charge is 0.107 e. The molecule has 0 saturated heterocycles. The van der Waals surface area contributed by atoms with Gasteiger partial charge in [0.25, 0.3) is 0 Å². The molecule has 4 N–H and O–H groups in total. The fourth-order valence-electron chi connectivity index (χ4n) is 0.370. The van der Waals surface area contributed by atoms with Gasteiger partial charge in [-0.2, -0.15) is 0 Å². The summed E-state index contributed by atoms with van der Waals surface area (Å²) in [6, 6.07) is 0. The number of aliphatic hydroxyl groups excluding tert-OH is 1. The van der Waals surface area contributed by atoms with Crippen molar-refractivity contribution >= 4 is 20.6 Å². The van der Waals surface area contributed by atoms with Crippen LogP contribution >= 0.6 is 15.9 Å². The Labute approximate surface area is 73.5 Å². The zero-order valence-corrected chi connectivity index (χ0v) is 7.43. The number of allylic oxidation sites excluding steroid dienone is 3. The molecule has 0 unspecified atom stereocenters. The Morgan fingerprint density at radius 2 is 2.09 bits per heavy atom. The van der Waals surface area contributed by atoms with Crippen LogP contribution in [-0.4, -0.2) is 9.73 Å². The summed E-state index contributed by atoms with van der Waals surface area (Å²) in [5.74, 6) is 0. The van der Waals surface area contributed by atoms with Crippen molar-refractivity contribution in [2.75, 3.05) is 0 Å². The van der Waals surface area contributed by atoms with E-state index in [0.29, 0.717) is 11.3 Å². The van der Waals surface area contributed by atoms with Crippen LogP contribution in [0.25, 0.3) is 0 Å². The van der Waals surface area contributed by atoms with Crippen LogP contribution in [0, 0.1) is 5.41 Å². The van der Waals surface area contributed by atoms with Gasteiger partial charge in [-0.15, -0.1) is 0 Å². The summed E-state index contributed by atoms with van der Waals surface area (Å²) in [6.45, 7) is 3.42. The normalized spacial score (nSPS) is 11.9. The van der Waals surface area contributed by atoms with Crippen molar-refractivity contribution in [1.29, 1.82) is 5.41 Å². The SMILES string of the molecule is C=C(N)/C=C\C(=CO)C(=N)Br. The molecular weight excluding hydrogens is 208 g/mol. The van der Waals surface area contributed by atoms with E-state index in [1.54, 1.807) is 0 Å². The number of rotatable bonds is 3. The zero-order chi connectivity index (χ0) is 8.85. The van der Waals surface area contributed by atoms with Crippen LogP contribution in [0.3, 0.4) is 0 Å². The maximum atomic E-state index is 8.55. The van der Waals surface area contributed by atoms with Crippen LogP contribution < -0.4 is 5.73 Å². The molecule has 0 bridgehead atoms. The van der Waals surface area contributed by atoms with E-state index in [9.17, 15) is 0 Å². The predicted octanol–water partition coefficient (Wildman–Crippen LogP) is 1.83. The van der Waals surface area contributed by atoms with Gasteiger partial charge in [0.1, 0.15) is 4.62 Å². The van der Waals surface area contributed by atoms with E-state index in [0.717, 1.165) is 6.26 Å². The van der Waals surface area contributed by atoms with E-state index in [4.69, 9.17) is 16.2 Å². The second-order valence-corrected chi connectivity index (χ2v) is 2.60. The first-order valence-electron chi connectivity index (χ1n) is 2.79. The van der Waals surface area contributed by atoms with Crippen LogP contribution in [0.15, 0.2) is 36.3 Å². The number of hydrogen-bond donors (Lipinski definition) is 3. The van der Waals surface area contributed by atoms with E-state index in [-0.39, 0.29) is 4.62 Å². The number of nitrogens with two attached hydrogens (primary N) is 1. The average Bonchev–Trinajstić information content (AvgIpc) is 1.87. The molecule has 11 heavy (non-hydrogen) atoms. The number of aliphatic hydroxyl groups is 1. The lowest BCUT2D eigenvalue weighted by Gasteiger charge is -1.93. The van der Waals surface area contributed by atoms with Gasteiger partial charge in [-0.05, 0) is 28.1 Å². The van der Waals surface area contributed by atoms with Crippen LogP contribution in [0.4, 0.5) is 0 Å². The Morgan fingerprint density at radius 1 is 1.55 bits per heavy atom. The van der Waals surface area contributed by atoms with E-state index < -0.39 is 0 Å². The van der Waals surface area contributed by atoms with E-state index in [1.165, 1.54) is 12.2 Å². The fraction of sp³-hybridized carbons (Fsp3) is 0. The molecule has 0 aromatic carbocycles. The van der Waals surface area contributed by atoms with Gasteiger partial charge in [0.2, 0.25) is 0 Å². The highest BCUT2D eigenvalue weighted by Gasteiger charge is 1.94. The lowest BCUT2D eigenvalue weighted by molar-refractivity contribution is 0.471. The Hall–Kier alpha value is -1.03. The first-order valence-corrected chi connectivity index (χ1v) is 3.58. The van der Waals surface area contributed by atoms with E-state index >= 15 is 0 Å². The molecule has 3 nitrogen and oxygen atoms in total. The molecule has 0 aromatic heterocycles. The standard InChI is InChI=1S/C7H9BrN2O/c1-5(9)2-3-6(4-11)7(8)10/h2-4,10-11H,1,9H2/b3-2-,6-4?,10-7?. The number of nitrogens with one attached hydrogen (secondary N) is 1. The molecule has 0 saturated carbocycles. The van der Waals surface area contributed by atoms with Crippen LogP contribution in [-0.2, 0) is 0 Å². The summed E-state index contributed by atoms with van der Waals surface area (Å²) >= 11 is 2.88. The maximum Gasteiger partial charge on any atom is 0.107 e. The maximum absolute atomic E-state index is 8.55. The lowest BCUT2D eigenvalue weighted by Crippen LogP contribution is -1.92. The van der Waals surface area contributed by atoms with E-state index in [2.05, 4.69) is 22.5 Å². The van der Waals surface area contributed by atoms with Crippen molar-refractivity contribution in [3.05, 3.63) is 36.3 Å². The molecule has 0 aromatic rings. The third kappa shape index (κ3) is 4.38. The molecule has 0 amide bonds. The van der Waals surface area contributed by atoms with Gasteiger partial charge in [-0.3, -0.25) is 5.41 Å². The van der Waals surface area contributed by atoms with Crippen molar-refractivity contribution in [1.82, 2.24) is 0 Å². The summed E-state index contributed by atoms with van der Waals surface area (Å²) in [6.07, 6.45) is 3.80. The molecule has 0 spiro atoms. The van der Waals surface area contributed by atoms with Crippen molar-refractivity contribution < 1.29 is 5.11 Å². The molecule has 4 heteroatoms. The molecule has 0 radical (unpaired) electrons. The number of hydrogen-bond acceptors (Lipinski definition) is 3. The van der Waals surface area contributed by atoms with Gasteiger partial charge in [-0.1, -0.05) is 6.58 Å². The second kappa shape index (κ2) is 4.73. The summed E-state index contributed by atoms with van der Waals surface area (Å²) in [7, 11) is 0. The first kappa shape index (κ1) is 9.97. The first-order chi connectivity index (χ1) is 5.07. The van der Waals surface area contributed by atoms with Gasteiger partial charge in [-0.25, -0.2) is 0 Å². The summed E-state index contributed by atoms with van der Waals surface area (Å²) < 4.78 is 0.0949. The highest BCUT2D eigenvalue weighted by Crippen LogP contribution is 2.04. The third-order valence-electron chi connectivity index (χ3n) is 0.869. The summed E-state index contributed by atoms with van der Waals surface area (Å²) in [5.41, 5.74) is 5.94. The van der Waals surface area contributed by atoms with Crippen molar-refractivity contribution in [3.63, 3.8) is 0 Å². The second-order valence-electron chi connectivity index (χ2n) is 1.81. The molecule has 0 heterocycles. The van der Waals surface area contributed by atoms with E-state index in [1.807, 2.05) is 0 Å². The van der Waals surface area contributed by atoms with Crippen molar-refractivity contribution in [3.8, 4) is 0 Å². The van der Waals surface area contributed by atoms with Crippen LogP contribution in [0.2, 0.25) is 0 Å². The Morgan fingerprint density at radius 3 is 2.36 bits per heavy atom. The minimum absolute atomic E-state index is 0.0949. The monoisotopic (exact) mass is 216 g/mol. The highest BCUT2D eigenvalue weighted by molar-refractivity contribution is 9.18. The molecule has 60 valence electrons. The predicted molar refractivity (Wildman–Crippen MR) is 49.8 cm³/mol. The molecule has 0 aliphatic carbocycles. The topological polar surface area (TPSA) is 70.1 Å². The molecule has 0 fully saturated rings. The van der Waals surface area contributed by atoms with Gasteiger partial charge in [0.15, 0.2) is 0 Å². The molecule has 0 aliphatic rings. The average molecular weight is 217 g/mol. The van der Waals surface area contributed by atoms with Crippen LogP contribution in [0.5, 0.6) is 0 Å². The van der Waals surface area contributed by atoms with Crippen molar-refractivity contribution in [2.45, 2.75) is 0 Å². The van der Waals surface area contributed by atoms with Crippen molar-refractivity contribution in [2.24, 2.45) is 5.73 Å². The Balaban J connectivity index is 4.34. The Bertz CT molecular complexity index is 231. The quantitative estimate of drug-likeness (QED) is 0.383. The summed E-state index contributed by atoms with van der Waals surface area (Å²) in [4.78, 5) is 0. The molecule has 0 aliphatic heterocycles. The van der Waals surface area contributed by atoms with Gasteiger partial charge in [0.05, 0.1) is 6.26 Å². The van der Waals surface area contributed by atoms with Gasteiger partial charge < -0.3 is 10.8 Å². The summed E-state index contributed by atoms with van der Waals surface area (Å²) in [5, 5.41) is 15.6. The highest BCUT2D eigenvalue weighted by atomic mass is 79.9. The van der Waals surface area contributed by atoms with Gasteiger partial charge >= 0.3 is 0 Å². The molecule has 0 rings (SSSR count). The lowest BCUT2D eigenvalue weighted by atomic mass is 10.3. The zero-order valence-electron chi connectivity index (χ0n) is 5.84. The van der Waals surface area contributed by atoms with Crippen LogP contribution in [0.1, 0.15) is 0 Å². The largest absolute Gasteiger partial charge is 0.515 e. The minimum Gasteiger partial charge on any atom is -0.515 e. The van der Waals surface area contributed by atoms with Gasteiger partial charge in [0, 0.05) is 11.3 Å². The molecule has 0 atom stereocenters. The number of halogens is 1. The minimum atomic E-state index is 0.0949.